The number of aromatic nitrogens is 4. The quantitative estimate of drug-likeness (QED) is 0.0394. The standard InChI is InChI=1S/C30H30ClFN6O4.C23H23ClFN5O5.C7H9N/c1-18(2)37(16-25(39)34-15-21-9-6-10-23(31)27(21)32)26(40)17-38-24-12-11-20(13-22(24)28(36-38)29(33)41)30(42)35-14-19-7-4-3-5-8-19;1-12(2)29(10-18(31)27-9-14-4-3-5-16(24)20(14)25)19(32)11-30-17-7-6-13(23(34)35)8-15(17)21(28-30)22(26)33;8-6-7-4-2-1-3-5-7/h3-13,18H,14-17H2,1-2H3,(H2,33,41)(H,34,39)(H,35,42);3-8,12H,9-11H2,1-2H3,(H2,26,33)(H,27,31)(H,34,35);1-5H,6,8H2. The highest BCUT2D eigenvalue weighted by molar-refractivity contribution is 6.31. The van der Waals surface area contributed by atoms with Gasteiger partial charge in [0.05, 0.1) is 39.7 Å². The van der Waals surface area contributed by atoms with Crippen molar-refractivity contribution >= 4 is 92.3 Å². The largest absolute Gasteiger partial charge is 0.478 e. The number of nitrogens with two attached hydrogens (primary N) is 3. The lowest BCUT2D eigenvalue weighted by atomic mass is 10.1. The zero-order valence-electron chi connectivity index (χ0n) is 46.7. The number of nitrogens with one attached hydrogen (secondary N) is 3. The molecule has 0 radical (unpaired) electrons. The van der Waals surface area contributed by atoms with Crippen molar-refractivity contribution in [2.45, 2.75) is 79.0 Å². The summed E-state index contributed by atoms with van der Waals surface area (Å²) in [5.41, 5.74) is 19.5. The fourth-order valence-electron chi connectivity index (χ4n) is 8.47. The van der Waals surface area contributed by atoms with E-state index in [-0.39, 0.29) is 101 Å². The number of rotatable bonds is 21. The van der Waals surface area contributed by atoms with Crippen molar-refractivity contribution in [3.63, 3.8) is 0 Å². The summed E-state index contributed by atoms with van der Waals surface area (Å²) < 4.78 is 30.8. The van der Waals surface area contributed by atoms with Crippen LogP contribution in [0.3, 0.4) is 0 Å². The Morgan fingerprint density at radius 2 is 0.965 bits per heavy atom. The molecule has 0 aliphatic rings. The summed E-state index contributed by atoms with van der Waals surface area (Å²) in [5, 5.41) is 26.0. The van der Waals surface area contributed by atoms with Gasteiger partial charge < -0.3 is 48.1 Å². The van der Waals surface area contributed by atoms with Crippen molar-refractivity contribution in [3.05, 3.63) is 200 Å². The second kappa shape index (κ2) is 30.1. The zero-order chi connectivity index (χ0) is 62.1. The van der Waals surface area contributed by atoms with Crippen LogP contribution in [0.2, 0.25) is 10.0 Å². The fourth-order valence-corrected chi connectivity index (χ4v) is 8.85. The van der Waals surface area contributed by atoms with Gasteiger partial charge in [-0.05, 0) is 87.4 Å². The van der Waals surface area contributed by atoms with Gasteiger partial charge in [-0.3, -0.25) is 42.9 Å². The minimum Gasteiger partial charge on any atom is -0.478 e. The zero-order valence-corrected chi connectivity index (χ0v) is 48.2. The van der Waals surface area contributed by atoms with Crippen LogP contribution in [-0.4, -0.2) is 107 Å². The van der Waals surface area contributed by atoms with E-state index in [0.717, 1.165) is 5.56 Å². The first kappa shape index (κ1) is 64.6. The molecule has 10 N–H and O–H groups in total. The number of hydrogen-bond acceptors (Lipinski definition) is 11. The maximum absolute atomic E-state index is 14.2. The van der Waals surface area contributed by atoms with Crippen LogP contribution in [0.25, 0.3) is 21.8 Å². The summed E-state index contributed by atoms with van der Waals surface area (Å²) in [4.78, 5) is 102. The molecule has 2 aromatic heterocycles. The molecule has 25 heteroatoms. The van der Waals surface area contributed by atoms with Crippen LogP contribution in [0, 0.1) is 11.6 Å². The lowest BCUT2D eigenvalue weighted by Gasteiger charge is -2.26. The van der Waals surface area contributed by atoms with Gasteiger partial charge >= 0.3 is 5.97 Å². The molecule has 0 saturated carbocycles. The van der Waals surface area contributed by atoms with Gasteiger partial charge in [0.15, 0.2) is 11.4 Å². The van der Waals surface area contributed by atoms with Gasteiger partial charge in [0.2, 0.25) is 23.6 Å². The Labute approximate surface area is 497 Å². The molecule has 85 heavy (non-hydrogen) atoms. The Morgan fingerprint density at radius 1 is 0.553 bits per heavy atom. The molecule has 8 rings (SSSR count). The van der Waals surface area contributed by atoms with Crippen LogP contribution < -0.4 is 33.2 Å². The van der Waals surface area contributed by atoms with Crippen LogP contribution in [0.1, 0.15) is 91.6 Å². The summed E-state index contributed by atoms with van der Waals surface area (Å²) in [7, 11) is 0. The molecule has 0 atom stereocenters. The maximum Gasteiger partial charge on any atom is 0.335 e. The number of amides is 7. The monoisotopic (exact) mass is 1200 g/mol. The number of benzene rings is 6. The van der Waals surface area contributed by atoms with Gasteiger partial charge in [0.25, 0.3) is 17.7 Å². The smallest absolute Gasteiger partial charge is 0.335 e. The van der Waals surface area contributed by atoms with Gasteiger partial charge in [-0.15, -0.1) is 0 Å². The minimum atomic E-state index is -1.19. The number of carboxylic acid groups (broad SMARTS) is 1. The van der Waals surface area contributed by atoms with E-state index >= 15 is 0 Å². The van der Waals surface area contributed by atoms with Crippen LogP contribution in [0.4, 0.5) is 8.78 Å². The Bertz CT molecular complexity index is 3750. The molecule has 0 saturated heterocycles. The van der Waals surface area contributed by atoms with E-state index in [1.54, 1.807) is 52.0 Å². The maximum atomic E-state index is 14.2. The Hall–Kier alpha value is -9.58. The van der Waals surface area contributed by atoms with E-state index in [1.807, 2.05) is 60.7 Å². The van der Waals surface area contributed by atoms with Crippen molar-refractivity contribution in [1.82, 2.24) is 45.3 Å². The molecule has 0 aliphatic heterocycles. The third-order valence-corrected chi connectivity index (χ3v) is 13.5. The van der Waals surface area contributed by atoms with E-state index < -0.39 is 53.0 Å². The summed E-state index contributed by atoms with van der Waals surface area (Å²) in [6, 6.07) is 36.3. The van der Waals surface area contributed by atoms with Crippen molar-refractivity contribution in [2.75, 3.05) is 13.1 Å². The molecule has 6 aromatic carbocycles. The molecule has 0 aliphatic carbocycles. The number of hydrogen-bond donors (Lipinski definition) is 7. The van der Waals surface area contributed by atoms with E-state index in [4.69, 9.17) is 40.4 Å². The molecule has 444 valence electrons. The van der Waals surface area contributed by atoms with Gasteiger partial charge in [0.1, 0.15) is 24.7 Å². The van der Waals surface area contributed by atoms with Gasteiger partial charge in [-0.25, -0.2) is 13.6 Å². The topological polar surface area (TPSA) is 313 Å². The molecule has 0 bridgehead atoms. The van der Waals surface area contributed by atoms with E-state index in [0.29, 0.717) is 35.1 Å². The first-order valence-corrected chi connectivity index (χ1v) is 27.1. The van der Waals surface area contributed by atoms with E-state index in [1.165, 1.54) is 73.3 Å². The number of fused-ring (bicyclic) bond motifs is 2. The van der Waals surface area contributed by atoms with Crippen LogP contribution in [0.5, 0.6) is 0 Å². The first-order valence-electron chi connectivity index (χ1n) is 26.4. The summed E-state index contributed by atoms with van der Waals surface area (Å²) in [5.74, 6) is -6.43. The first-order chi connectivity index (χ1) is 40.5. The van der Waals surface area contributed by atoms with Crippen molar-refractivity contribution < 1.29 is 52.2 Å². The highest BCUT2D eigenvalue weighted by Gasteiger charge is 2.26. The third-order valence-electron chi connectivity index (χ3n) is 13.0. The molecular formula is C60H62Cl2F2N12O9. The number of nitrogens with zero attached hydrogens (tertiary/aromatic N) is 6. The molecule has 8 aromatic rings. The van der Waals surface area contributed by atoms with Gasteiger partial charge in [0, 0.05) is 65.7 Å². The molecule has 2 heterocycles. The number of halogens is 4. The predicted molar refractivity (Wildman–Crippen MR) is 316 cm³/mol. The molecule has 0 unspecified atom stereocenters. The van der Waals surface area contributed by atoms with Gasteiger partial charge in [-0.1, -0.05) is 108 Å². The Balaban J connectivity index is 0.000000243. The molecular weight excluding hydrogens is 1140 g/mol. The normalized spacial score (nSPS) is 10.8. The summed E-state index contributed by atoms with van der Waals surface area (Å²) in [6.07, 6.45) is 0. The molecule has 7 amide bonds. The Morgan fingerprint density at radius 3 is 1.35 bits per heavy atom. The SMILES string of the molecule is CC(C)N(CC(=O)NCc1cccc(Cl)c1F)C(=O)Cn1nc(C(N)=O)c2cc(C(=O)NCc3ccccc3)ccc21.CC(C)N(CC(=O)NCc1cccc(Cl)c1F)C(=O)Cn1nc(C(N)=O)c2cc(C(=O)O)ccc21.NCc1ccccc1. The molecule has 21 nitrogen and oxygen atoms in total. The average molecular weight is 1200 g/mol. The van der Waals surface area contributed by atoms with Crippen LogP contribution in [0.15, 0.2) is 133 Å². The highest BCUT2D eigenvalue weighted by atomic mass is 35.5. The second-order valence-electron chi connectivity index (χ2n) is 19.6. The van der Waals surface area contributed by atoms with Crippen LogP contribution in [-0.2, 0) is 58.4 Å². The lowest BCUT2D eigenvalue weighted by Crippen LogP contribution is -2.45. The summed E-state index contributed by atoms with van der Waals surface area (Å²) >= 11 is 11.6. The number of aromatic carboxylic acids is 1. The molecule has 0 fully saturated rings. The van der Waals surface area contributed by atoms with Crippen LogP contribution >= 0.6 is 23.2 Å². The molecule has 0 spiro atoms. The summed E-state index contributed by atoms with van der Waals surface area (Å²) in [6.45, 7) is 6.48. The average Bonchev–Trinajstić information content (AvgIpc) is 2.74. The predicted octanol–water partition coefficient (Wildman–Crippen LogP) is 6.74. The Kier molecular flexibility index (Phi) is 22.9. The number of carbonyl (C=O) groups excluding carboxylic acids is 7. The highest BCUT2D eigenvalue weighted by Crippen LogP contribution is 2.24. The fraction of sp³-hybridized carbons (Fsp3) is 0.233. The number of primary amides is 2. The van der Waals surface area contributed by atoms with Gasteiger partial charge in [-0.2, -0.15) is 10.2 Å². The van der Waals surface area contributed by atoms with Crippen molar-refractivity contribution in [1.29, 1.82) is 0 Å². The van der Waals surface area contributed by atoms with E-state index in [2.05, 4.69) is 26.1 Å². The van der Waals surface area contributed by atoms with Crippen molar-refractivity contribution in [2.24, 2.45) is 17.2 Å². The van der Waals surface area contributed by atoms with Crippen molar-refractivity contribution in [3.8, 4) is 0 Å². The second-order valence-corrected chi connectivity index (χ2v) is 20.4. The minimum absolute atomic E-state index is 0.0533. The number of carbonyl (C=O) groups is 8. The third kappa shape index (κ3) is 17.5. The van der Waals surface area contributed by atoms with E-state index in [9.17, 15) is 52.2 Å². The number of carboxylic acids is 1. The lowest BCUT2D eigenvalue weighted by molar-refractivity contribution is -0.138.